The molecule has 3 amide bonds. The molecular weight excluding hydrogens is 511 g/mol. The Morgan fingerprint density at radius 3 is 2.56 bits per heavy atom. The normalized spacial score (nSPS) is 19.8. The van der Waals surface area contributed by atoms with Gasteiger partial charge in [-0.15, -0.1) is 0 Å². The van der Waals surface area contributed by atoms with Crippen molar-refractivity contribution in [1.29, 1.82) is 0 Å². The minimum absolute atomic E-state index is 0.0153. The molecule has 1 saturated heterocycles. The highest BCUT2D eigenvalue weighted by molar-refractivity contribution is 9.10. The minimum atomic E-state index is -1.24. The lowest BCUT2D eigenvalue weighted by Gasteiger charge is -2.26. The van der Waals surface area contributed by atoms with Gasteiger partial charge in [0.15, 0.2) is 0 Å². The number of carbonyl (C=O) groups is 4. The van der Waals surface area contributed by atoms with E-state index in [-0.39, 0.29) is 23.9 Å². The van der Waals surface area contributed by atoms with Crippen LogP contribution in [-0.2, 0) is 14.4 Å². The second-order valence-electron chi connectivity index (χ2n) is 9.01. The number of carboxylic acid groups (broad SMARTS) is 1. The van der Waals surface area contributed by atoms with Gasteiger partial charge in [0.25, 0.3) is 5.91 Å². The quantitative estimate of drug-likeness (QED) is 0.334. The first-order valence-electron chi connectivity index (χ1n) is 11.3. The Morgan fingerprint density at radius 1 is 1.12 bits per heavy atom. The Balaban J connectivity index is 1.46. The van der Waals surface area contributed by atoms with Gasteiger partial charge in [-0.3, -0.25) is 14.4 Å². The Hall–Kier alpha value is -2.95. The molecule has 9 nitrogen and oxygen atoms in total. The number of hydrogen-bond donors (Lipinski definition) is 5. The summed E-state index contributed by atoms with van der Waals surface area (Å²) in [5.74, 6) is -3.27. The Bertz CT molecular complexity index is 1130. The molecule has 2 heterocycles. The summed E-state index contributed by atoms with van der Waals surface area (Å²) in [6.45, 7) is 0.561. The maximum absolute atomic E-state index is 13.7. The van der Waals surface area contributed by atoms with Gasteiger partial charge in [0.1, 0.15) is 23.6 Å². The number of halogens is 2. The zero-order chi connectivity index (χ0) is 24.4. The molecule has 3 unspecified atom stereocenters. The number of aromatic amines is 1. The molecule has 2 aliphatic rings. The van der Waals surface area contributed by atoms with Crippen LogP contribution in [0.3, 0.4) is 0 Å². The van der Waals surface area contributed by atoms with Gasteiger partial charge in [-0.05, 0) is 65.7 Å². The van der Waals surface area contributed by atoms with E-state index in [1.54, 1.807) is 0 Å². The van der Waals surface area contributed by atoms with Gasteiger partial charge in [0, 0.05) is 22.3 Å². The van der Waals surface area contributed by atoms with Gasteiger partial charge in [0.2, 0.25) is 11.8 Å². The molecule has 0 spiro atoms. The van der Waals surface area contributed by atoms with E-state index in [2.05, 4.69) is 36.9 Å². The van der Waals surface area contributed by atoms with Gasteiger partial charge in [0.05, 0.1) is 5.52 Å². The van der Waals surface area contributed by atoms with Crippen molar-refractivity contribution in [1.82, 2.24) is 20.9 Å². The van der Waals surface area contributed by atoms with E-state index in [0.29, 0.717) is 34.8 Å². The second kappa shape index (κ2) is 10.1. The molecule has 1 aromatic heterocycles. The fraction of sp³-hybridized carbons (Fsp3) is 0.478. The van der Waals surface area contributed by atoms with E-state index < -0.39 is 41.6 Å². The minimum Gasteiger partial charge on any atom is -0.480 e. The van der Waals surface area contributed by atoms with Gasteiger partial charge >= 0.3 is 5.97 Å². The van der Waals surface area contributed by atoms with Crippen molar-refractivity contribution in [3.05, 3.63) is 34.2 Å². The molecule has 2 aromatic rings. The molecule has 2 fully saturated rings. The highest BCUT2D eigenvalue weighted by Crippen LogP contribution is 2.34. The van der Waals surface area contributed by atoms with Crippen LogP contribution in [0.5, 0.6) is 0 Å². The maximum Gasteiger partial charge on any atom is 0.326 e. The maximum atomic E-state index is 13.7. The van der Waals surface area contributed by atoms with E-state index in [9.17, 15) is 28.7 Å². The summed E-state index contributed by atoms with van der Waals surface area (Å²) in [5.41, 5.74) is 0.704. The third-order valence-corrected chi connectivity index (χ3v) is 6.94. The molecule has 4 rings (SSSR count). The van der Waals surface area contributed by atoms with Crippen LogP contribution in [0.25, 0.3) is 10.9 Å². The number of carbonyl (C=O) groups excluding carboxylic acids is 3. The number of aliphatic carboxylic acids is 1. The van der Waals surface area contributed by atoms with Crippen molar-refractivity contribution in [3.8, 4) is 0 Å². The summed E-state index contributed by atoms with van der Waals surface area (Å²) in [6.07, 6.45) is 3.54. The number of amides is 3. The Kier molecular flexibility index (Phi) is 7.20. The van der Waals surface area contributed by atoms with E-state index in [0.717, 1.165) is 19.3 Å². The zero-order valence-electron chi connectivity index (χ0n) is 18.3. The first-order valence-corrected chi connectivity index (χ1v) is 12.1. The fourth-order valence-electron chi connectivity index (χ4n) is 4.28. The third kappa shape index (κ3) is 5.75. The zero-order valence-corrected chi connectivity index (χ0v) is 19.9. The van der Waals surface area contributed by atoms with Gasteiger partial charge in [-0.1, -0.05) is 12.8 Å². The van der Waals surface area contributed by atoms with E-state index in [1.807, 2.05) is 0 Å². The molecule has 5 N–H and O–H groups in total. The first-order chi connectivity index (χ1) is 16.2. The number of fused-ring (bicyclic) bond motifs is 1. The summed E-state index contributed by atoms with van der Waals surface area (Å²) < 4.78 is 14.1. The fourth-order valence-corrected chi connectivity index (χ4v) is 4.83. The molecule has 34 heavy (non-hydrogen) atoms. The number of hydrogen-bond acceptors (Lipinski definition) is 4. The molecule has 3 atom stereocenters. The lowest BCUT2D eigenvalue weighted by atomic mass is 9.91. The van der Waals surface area contributed by atoms with Crippen LogP contribution < -0.4 is 16.0 Å². The number of piperidine rings is 1. The van der Waals surface area contributed by atoms with Crippen molar-refractivity contribution in [3.63, 3.8) is 0 Å². The van der Waals surface area contributed by atoms with Crippen LogP contribution >= 0.6 is 15.9 Å². The average Bonchev–Trinajstić information content (AvgIpc) is 3.49. The van der Waals surface area contributed by atoms with Gasteiger partial charge in [-0.25, -0.2) is 9.18 Å². The monoisotopic (exact) mass is 536 g/mol. The van der Waals surface area contributed by atoms with Crippen molar-refractivity contribution in [2.24, 2.45) is 11.8 Å². The van der Waals surface area contributed by atoms with Gasteiger partial charge in [-0.2, -0.15) is 0 Å². The molecule has 1 saturated carbocycles. The average molecular weight is 537 g/mol. The Labute approximate surface area is 203 Å². The number of benzene rings is 1. The van der Waals surface area contributed by atoms with Crippen molar-refractivity contribution < 1.29 is 28.7 Å². The summed E-state index contributed by atoms with van der Waals surface area (Å²) in [5, 5.41) is 18.1. The predicted octanol–water partition coefficient (Wildman–Crippen LogP) is 2.45. The molecule has 1 aliphatic heterocycles. The number of H-pyrrole nitrogens is 1. The molecule has 182 valence electrons. The predicted molar refractivity (Wildman–Crippen MR) is 124 cm³/mol. The molecular formula is C23H26BrFN4O5. The Morgan fingerprint density at radius 2 is 1.88 bits per heavy atom. The van der Waals surface area contributed by atoms with Crippen molar-refractivity contribution in [2.45, 2.75) is 50.6 Å². The smallest absolute Gasteiger partial charge is 0.326 e. The van der Waals surface area contributed by atoms with Crippen molar-refractivity contribution >= 4 is 50.5 Å². The summed E-state index contributed by atoms with van der Waals surface area (Å²) in [4.78, 5) is 52.7. The second-order valence-corrected chi connectivity index (χ2v) is 9.86. The summed E-state index contributed by atoms with van der Waals surface area (Å²) in [7, 11) is 0. The van der Waals surface area contributed by atoms with E-state index in [4.69, 9.17) is 0 Å². The van der Waals surface area contributed by atoms with Crippen LogP contribution in [0.15, 0.2) is 22.7 Å². The highest BCUT2D eigenvalue weighted by Gasteiger charge is 2.35. The van der Waals surface area contributed by atoms with Crippen LogP contribution in [0.1, 0.15) is 49.0 Å². The summed E-state index contributed by atoms with van der Waals surface area (Å²) >= 11 is 3.26. The molecule has 11 heteroatoms. The molecule has 0 radical (unpaired) electrons. The lowest BCUT2D eigenvalue weighted by molar-refractivity contribution is -0.143. The number of rotatable bonds is 9. The largest absolute Gasteiger partial charge is 0.480 e. The third-order valence-electron chi connectivity index (χ3n) is 6.31. The topological polar surface area (TPSA) is 140 Å². The molecule has 1 aromatic carbocycles. The highest BCUT2D eigenvalue weighted by atomic mass is 79.9. The number of carboxylic acids is 1. The number of nitrogens with one attached hydrogen (secondary N) is 4. The standard InChI is InChI=1S/C23H26BrFN4O5/c24-15-10-14(25)7-13-9-17(27-19(13)15)22(32)28-16(6-11-3-4-11)21(31)29-18(23(33)34)8-12-2-1-5-26-20(12)30/h7,9-12,16,18,27H,1-6,8H2,(H,26,30)(H,28,32)(H,29,31)(H,33,34). The van der Waals surface area contributed by atoms with Gasteiger partial charge < -0.3 is 26.0 Å². The SMILES string of the molecule is O=C(NC(CC1CC1)C(=O)NC(CC1CCCNC1=O)C(=O)O)c1cc2cc(F)cc(Br)c2[nH]1. The van der Waals surface area contributed by atoms with Crippen molar-refractivity contribution in [2.75, 3.05) is 6.54 Å². The van der Waals surface area contributed by atoms with E-state index >= 15 is 0 Å². The molecule has 1 aliphatic carbocycles. The summed E-state index contributed by atoms with van der Waals surface area (Å²) in [6, 6.07) is 1.88. The van der Waals surface area contributed by atoms with E-state index in [1.165, 1.54) is 18.2 Å². The van der Waals surface area contributed by atoms with Crippen LogP contribution in [-0.4, -0.2) is 52.4 Å². The molecule has 0 bridgehead atoms. The number of aromatic nitrogens is 1. The van der Waals surface area contributed by atoms with Crippen LogP contribution in [0, 0.1) is 17.7 Å². The van der Waals surface area contributed by atoms with Crippen LogP contribution in [0.4, 0.5) is 4.39 Å². The lowest BCUT2D eigenvalue weighted by Crippen LogP contribution is -2.53. The van der Waals surface area contributed by atoms with Crippen LogP contribution in [0.2, 0.25) is 0 Å². The first kappa shape index (κ1) is 24.2.